The van der Waals surface area contributed by atoms with Crippen molar-refractivity contribution in [1.29, 1.82) is 0 Å². The van der Waals surface area contributed by atoms with E-state index in [4.69, 9.17) is 0 Å². The molecule has 0 N–H and O–H groups in total. The molecule has 1 aromatic rings. The molecule has 2 heteroatoms. The highest BCUT2D eigenvalue weighted by molar-refractivity contribution is 7.15. The lowest BCUT2D eigenvalue weighted by molar-refractivity contribution is 0.627. The molecule has 0 nitrogen and oxygen atoms in total. The minimum Gasteiger partial charge on any atom is -0.207 e. The van der Waals surface area contributed by atoms with Gasteiger partial charge in [0.15, 0.2) is 0 Å². The molecule has 0 heterocycles. The number of benzene rings is 1. The van der Waals surface area contributed by atoms with Crippen LogP contribution in [0.25, 0.3) is 6.08 Å². The molecule has 1 aromatic carbocycles. The van der Waals surface area contributed by atoms with E-state index in [9.17, 15) is 4.39 Å². The van der Waals surface area contributed by atoms with Crippen LogP contribution in [0.15, 0.2) is 24.3 Å². The molecule has 3 unspecified atom stereocenters. The Labute approximate surface area is 120 Å². The molecular formula is C17H28FP. The van der Waals surface area contributed by atoms with Crippen LogP contribution in [0.2, 0.25) is 0 Å². The third-order valence-corrected chi connectivity index (χ3v) is 3.39. The van der Waals surface area contributed by atoms with Gasteiger partial charge >= 0.3 is 0 Å². The second-order valence-electron chi connectivity index (χ2n) is 4.88. The summed E-state index contributed by atoms with van der Waals surface area (Å²) in [5.41, 5.74) is 2.05. The summed E-state index contributed by atoms with van der Waals surface area (Å²) < 4.78 is 12.6. The first-order valence-electron chi connectivity index (χ1n) is 7.05. The number of halogens is 1. The number of hydrogen-bond donors (Lipinski definition) is 0. The van der Waals surface area contributed by atoms with Crippen LogP contribution in [0.3, 0.4) is 0 Å². The van der Waals surface area contributed by atoms with Crippen LogP contribution in [0.1, 0.15) is 44.7 Å². The molecule has 19 heavy (non-hydrogen) atoms. The van der Waals surface area contributed by atoms with Crippen molar-refractivity contribution in [2.45, 2.75) is 40.5 Å². The Kier molecular flexibility index (Phi) is 9.79. The number of aryl methyl sites for hydroxylation is 1. The average molecular weight is 282 g/mol. The van der Waals surface area contributed by atoms with Gasteiger partial charge < -0.3 is 0 Å². The van der Waals surface area contributed by atoms with Crippen molar-refractivity contribution in [3.05, 3.63) is 41.2 Å². The first-order chi connectivity index (χ1) is 9.08. The van der Waals surface area contributed by atoms with Crippen molar-refractivity contribution in [3.8, 4) is 0 Å². The Bertz CT molecular complexity index is 383. The van der Waals surface area contributed by atoms with Crippen molar-refractivity contribution < 1.29 is 4.39 Å². The highest BCUT2D eigenvalue weighted by Gasteiger charge is 2.29. The van der Waals surface area contributed by atoms with Gasteiger partial charge in [-0.25, -0.2) is 4.39 Å². The van der Waals surface area contributed by atoms with Crippen LogP contribution in [-0.2, 0) is 0 Å². The Morgan fingerprint density at radius 2 is 1.95 bits per heavy atom. The summed E-state index contributed by atoms with van der Waals surface area (Å²) in [4.78, 5) is 0. The molecule has 0 spiro atoms. The second-order valence-corrected chi connectivity index (χ2v) is 4.88. The summed E-state index contributed by atoms with van der Waals surface area (Å²) in [7, 11) is 2.42. The summed E-state index contributed by atoms with van der Waals surface area (Å²) in [6.07, 6.45) is 6.71. The summed E-state index contributed by atoms with van der Waals surface area (Å²) in [5, 5.41) is 0. The van der Waals surface area contributed by atoms with E-state index in [0.717, 1.165) is 23.0 Å². The van der Waals surface area contributed by atoms with Crippen molar-refractivity contribution in [3.63, 3.8) is 0 Å². The maximum atomic E-state index is 12.6. The van der Waals surface area contributed by atoms with Gasteiger partial charge in [-0.2, -0.15) is 0 Å². The lowest BCUT2D eigenvalue weighted by atomic mass is 10.1. The van der Waals surface area contributed by atoms with Gasteiger partial charge in [-0.3, -0.25) is 0 Å². The fourth-order valence-electron chi connectivity index (χ4n) is 1.94. The normalized spacial score (nSPS) is 20.2. The molecule has 1 saturated carbocycles. The maximum Gasteiger partial charge on any atom is 0.123 e. The zero-order valence-electron chi connectivity index (χ0n) is 12.9. The van der Waals surface area contributed by atoms with E-state index in [1.807, 2.05) is 32.7 Å². The molecule has 0 amide bonds. The summed E-state index contributed by atoms with van der Waals surface area (Å²) in [6.45, 7) is 10.4. The second kappa shape index (κ2) is 10.1. The zero-order chi connectivity index (χ0) is 14.8. The Morgan fingerprint density at radius 3 is 2.32 bits per heavy atom. The average Bonchev–Trinajstić information content (AvgIpc) is 3.14. The first kappa shape index (κ1) is 18.3. The first-order valence-corrected chi connectivity index (χ1v) is 8.20. The highest BCUT2D eigenvalue weighted by atomic mass is 31.0. The molecule has 1 aliphatic rings. The van der Waals surface area contributed by atoms with Gasteiger partial charge in [0, 0.05) is 0 Å². The van der Waals surface area contributed by atoms with Gasteiger partial charge in [0.25, 0.3) is 0 Å². The van der Waals surface area contributed by atoms with Crippen LogP contribution < -0.4 is 0 Å². The molecule has 3 atom stereocenters. The van der Waals surface area contributed by atoms with E-state index in [1.54, 1.807) is 6.07 Å². The van der Waals surface area contributed by atoms with E-state index in [0.29, 0.717) is 0 Å². The lowest BCUT2D eigenvalue weighted by Crippen LogP contribution is -1.81. The van der Waals surface area contributed by atoms with E-state index in [2.05, 4.69) is 23.1 Å². The van der Waals surface area contributed by atoms with E-state index in [-0.39, 0.29) is 5.82 Å². The monoisotopic (exact) mass is 282 g/mol. The fourth-order valence-corrected chi connectivity index (χ4v) is 1.94. The molecule has 0 aromatic heterocycles. The number of allylic oxidation sites excluding steroid dienone is 1. The summed E-state index contributed by atoms with van der Waals surface area (Å²) >= 11 is 0. The van der Waals surface area contributed by atoms with Crippen LogP contribution >= 0.6 is 9.24 Å². The number of hydrogen-bond acceptors (Lipinski definition) is 0. The Balaban J connectivity index is 0.000000341. The maximum absolute atomic E-state index is 12.6. The number of rotatable bonds is 2. The molecule has 0 radical (unpaired) electrons. The van der Waals surface area contributed by atoms with Crippen LogP contribution in [0.5, 0.6) is 0 Å². The van der Waals surface area contributed by atoms with Crippen LogP contribution in [0, 0.1) is 24.6 Å². The molecule has 0 aliphatic heterocycles. The zero-order valence-corrected chi connectivity index (χ0v) is 14.1. The minimum absolute atomic E-state index is 0.177. The molecule has 1 fully saturated rings. The van der Waals surface area contributed by atoms with Crippen molar-refractivity contribution in [2.24, 2.45) is 11.8 Å². The van der Waals surface area contributed by atoms with E-state index < -0.39 is 0 Å². The molecule has 108 valence electrons. The predicted octanol–water partition coefficient (Wildman–Crippen LogP) is 5.71. The van der Waals surface area contributed by atoms with E-state index in [1.165, 1.54) is 25.0 Å². The van der Waals surface area contributed by atoms with Crippen molar-refractivity contribution in [1.82, 2.24) is 0 Å². The molecular weight excluding hydrogens is 254 g/mol. The van der Waals surface area contributed by atoms with Crippen molar-refractivity contribution in [2.75, 3.05) is 6.66 Å². The van der Waals surface area contributed by atoms with E-state index >= 15 is 0 Å². The van der Waals surface area contributed by atoms with Gasteiger partial charge in [-0.15, -0.1) is 9.24 Å². The summed E-state index contributed by atoms with van der Waals surface area (Å²) in [6, 6.07) is 4.79. The Morgan fingerprint density at radius 1 is 1.37 bits per heavy atom. The Hall–Kier alpha value is -0.680. The quantitative estimate of drug-likeness (QED) is 0.609. The SMILES string of the molecule is C/C=C\c1cc(F)ccc1C.CCC1CC1C.CP. The third kappa shape index (κ3) is 7.47. The molecule has 2 rings (SSSR count). The minimum atomic E-state index is -0.177. The third-order valence-electron chi connectivity index (χ3n) is 3.39. The molecule has 0 bridgehead atoms. The summed E-state index contributed by atoms with van der Waals surface area (Å²) in [5.74, 6) is 1.99. The largest absolute Gasteiger partial charge is 0.207 e. The lowest BCUT2D eigenvalue weighted by Gasteiger charge is -1.98. The van der Waals surface area contributed by atoms with Gasteiger partial charge in [-0.1, -0.05) is 45.2 Å². The highest BCUT2D eigenvalue weighted by Crippen LogP contribution is 2.39. The van der Waals surface area contributed by atoms with Crippen LogP contribution in [-0.4, -0.2) is 6.66 Å². The smallest absolute Gasteiger partial charge is 0.123 e. The van der Waals surface area contributed by atoms with Gasteiger partial charge in [-0.05, 0) is 55.4 Å². The molecule has 1 aliphatic carbocycles. The van der Waals surface area contributed by atoms with Gasteiger partial charge in [0.1, 0.15) is 5.82 Å². The fraction of sp³-hybridized carbons (Fsp3) is 0.529. The molecule has 0 saturated heterocycles. The topological polar surface area (TPSA) is 0 Å². The van der Waals surface area contributed by atoms with Gasteiger partial charge in [0.05, 0.1) is 0 Å². The van der Waals surface area contributed by atoms with Crippen molar-refractivity contribution >= 4 is 15.3 Å². The standard InChI is InChI=1S/C10H11F.C6H12.CH5P/c1-3-4-9-7-10(11)6-5-8(9)2;1-3-6-4-5(6)2;1-2/h3-7H,1-2H3;5-6H,3-4H2,1-2H3;2H2,1H3/b4-3-;;. The predicted molar refractivity (Wildman–Crippen MR) is 89.0 cm³/mol. The van der Waals surface area contributed by atoms with Crippen LogP contribution in [0.4, 0.5) is 4.39 Å². The van der Waals surface area contributed by atoms with Gasteiger partial charge in [0.2, 0.25) is 0 Å².